The first kappa shape index (κ1) is 16.1. The van der Waals surface area contributed by atoms with Crippen molar-refractivity contribution in [3.05, 3.63) is 59.2 Å². The van der Waals surface area contributed by atoms with Crippen LogP contribution in [-0.2, 0) is 20.1 Å². The lowest BCUT2D eigenvalue weighted by Crippen LogP contribution is -2.42. The van der Waals surface area contributed by atoms with Gasteiger partial charge in [0, 0.05) is 5.56 Å². The summed E-state index contributed by atoms with van der Waals surface area (Å²) in [6.07, 6.45) is 0. The van der Waals surface area contributed by atoms with E-state index in [1.807, 2.05) is 56.3 Å². The largest absolute Gasteiger partial charge is 0.492 e. The molecule has 0 aliphatic carbocycles. The molecule has 25 heavy (non-hydrogen) atoms. The molecule has 0 radical (unpaired) electrons. The molecule has 5 heteroatoms. The highest BCUT2D eigenvalue weighted by Gasteiger charge is 2.56. The Hall–Kier alpha value is -2.37. The molecule has 2 aliphatic rings. The Morgan fingerprint density at radius 2 is 1.80 bits per heavy atom. The molecule has 0 unspecified atom stereocenters. The molecular weight excluding hydrogens is 318 g/mol. The summed E-state index contributed by atoms with van der Waals surface area (Å²) in [6, 6.07) is 13.7. The predicted octanol–water partition coefficient (Wildman–Crippen LogP) is 2.93. The third-order valence-electron chi connectivity index (χ3n) is 4.69. The second-order valence-electron chi connectivity index (χ2n) is 6.40. The minimum absolute atomic E-state index is 0.165. The van der Waals surface area contributed by atoms with Crippen molar-refractivity contribution in [2.45, 2.75) is 19.6 Å². The summed E-state index contributed by atoms with van der Waals surface area (Å²) >= 11 is 0. The van der Waals surface area contributed by atoms with Crippen molar-refractivity contribution in [1.29, 1.82) is 0 Å². The Morgan fingerprint density at radius 3 is 2.52 bits per heavy atom. The fourth-order valence-electron chi connectivity index (χ4n) is 3.47. The quantitative estimate of drug-likeness (QED) is 0.859. The second kappa shape index (κ2) is 6.17. The van der Waals surface area contributed by atoms with Gasteiger partial charge < -0.3 is 19.1 Å². The van der Waals surface area contributed by atoms with Gasteiger partial charge in [-0.25, -0.2) is 0 Å². The summed E-state index contributed by atoms with van der Waals surface area (Å²) in [5.41, 5.74) is 3.88. The van der Waals surface area contributed by atoms with Crippen LogP contribution in [0, 0.1) is 13.8 Å². The monoisotopic (exact) mass is 339 g/mol. The van der Waals surface area contributed by atoms with Gasteiger partial charge in [-0.1, -0.05) is 35.9 Å². The fourth-order valence-corrected chi connectivity index (χ4v) is 3.47. The minimum Gasteiger partial charge on any atom is -0.492 e. The third-order valence-corrected chi connectivity index (χ3v) is 4.69. The van der Waals surface area contributed by atoms with E-state index in [-0.39, 0.29) is 5.91 Å². The SMILES string of the molecule is Cc1ccc(OCCN2C(=O)C3(OCCO3)c3cccc(C)c32)cc1. The molecular formula is C20H21NO4. The molecule has 1 amide bonds. The normalized spacial score (nSPS) is 18.0. The second-order valence-corrected chi connectivity index (χ2v) is 6.40. The molecule has 1 spiro atoms. The van der Waals surface area contributed by atoms with E-state index in [1.54, 1.807) is 4.90 Å². The maximum atomic E-state index is 13.0. The van der Waals surface area contributed by atoms with Crippen molar-refractivity contribution < 1.29 is 19.0 Å². The van der Waals surface area contributed by atoms with Crippen molar-refractivity contribution in [3.8, 4) is 5.75 Å². The van der Waals surface area contributed by atoms with E-state index in [0.717, 1.165) is 22.6 Å². The Morgan fingerprint density at radius 1 is 1.08 bits per heavy atom. The van der Waals surface area contributed by atoms with Crippen LogP contribution in [0.2, 0.25) is 0 Å². The summed E-state index contributed by atoms with van der Waals surface area (Å²) < 4.78 is 17.3. The van der Waals surface area contributed by atoms with Gasteiger partial charge in [0.1, 0.15) is 12.4 Å². The highest BCUT2D eigenvalue weighted by molar-refractivity contribution is 6.07. The number of benzene rings is 2. The van der Waals surface area contributed by atoms with Crippen LogP contribution in [0.15, 0.2) is 42.5 Å². The number of carbonyl (C=O) groups excluding carboxylic acids is 1. The van der Waals surface area contributed by atoms with E-state index in [1.165, 1.54) is 5.56 Å². The van der Waals surface area contributed by atoms with E-state index in [2.05, 4.69) is 0 Å². The van der Waals surface area contributed by atoms with Gasteiger partial charge in [-0.3, -0.25) is 4.79 Å². The minimum atomic E-state index is -1.27. The van der Waals surface area contributed by atoms with E-state index in [4.69, 9.17) is 14.2 Å². The highest BCUT2D eigenvalue weighted by Crippen LogP contribution is 2.46. The van der Waals surface area contributed by atoms with Gasteiger partial charge in [0.05, 0.1) is 25.4 Å². The molecule has 0 atom stereocenters. The van der Waals surface area contributed by atoms with Crippen molar-refractivity contribution >= 4 is 11.6 Å². The first-order valence-corrected chi connectivity index (χ1v) is 8.51. The Bertz CT molecular complexity index is 794. The molecule has 2 aliphatic heterocycles. The number of anilines is 1. The molecule has 0 aromatic heterocycles. The van der Waals surface area contributed by atoms with Gasteiger partial charge in [-0.05, 0) is 31.5 Å². The molecule has 0 saturated carbocycles. The Labute approximate surface area is 147 Å². The van der Waals surface area contributed by atoms with Crippen LogP contribution in [0.5, 0.6) is 5.75 Å². The maximum Gasteiger partial charge on any atom is 0.292 e. The molecule has 130 valence electrons. The number of nitrogens with zero attached hydrogens (tertiary/aromatic N) is 1. The lowest BCUT2D eigenvalue weighted by atomic mass is 10.0. The maximum absolute atomic E-state index is 13.0. The number of rotatable bonds is 4. The van der Waals surface area contributed by atoms with Crippen LogP contribution in [-0.4, -0.2) is 32.3 Å². The first-order chi connectivity index (χ1) is 12.1. The number of ether oxygens (including phenoxy) is 3. The van der Waals surface area contributed by atoms with E-state index in [0.29, 0.717) is 26.4 Å². The molecule has 5 nitrogen and oxygen atoms in total. The number of amides is 1. The Balaban J connectivity index is 1.56. The highest BCUT2D eigenvalue weighted by atomic mass is 16.7. The topological polar surface area (TPSA) is 48.0 Å². The summed E-state index contributed by atoms with van der Waals surface area (Å²) in [7, 11) is 0. The van der Waals surface area contributed by atoms with Crippen LogP contribution >= 0.6 is 0 Å². The van der Waals surface area contributed by atoms with Gasteiger partial charge in [0.15, 0.2) is 0 Å². The fraction of sp³-hybridized carbons (Fsp3) is 0.350. The van der Waals surface area contributed by atoms with Crippen LogP contribution in [0.25, 0.3) is 0 Å². The average molecular weight is 339 g/mol. The van der Waals surface area contributed by atoms with Gasteiger partial charge in [-0.15, -0.1) is 0 Å². The number of para-hydroxylation sites is 1. The number of fused-ring (bicyclic) bond motifs is 2. The summed E-state index contributed by atoms with van der Waals surface area (Å²) in [6.45, 7) is 5.72. The molecule has 4 rings (SSSR count). The lowest BCUT2D eigenvalue weighted by Gasteiger charge is -2.22. The van der Waals surface area contributed by atoms with Gasteiger partial charge in [-0.2, -0.15) is 0 Å². The van der Waals surface area contributed by atoms with Gasteiger partial charge in [0.25, 0.3) is 11.7 Å². The third kappa shape index (κ3) is 2.60. The zero-order valence-corrected chi connectivity index (χ0v) is 14.5. The lowest BCUT2D eigenvalue weighted by molar-refractivity contribution is -0.180. The number of carbonyl (C=O) groups is 1. The van der Waals surface area contributed by atoms with Gasteiger partial charge >= 0.3 is 0 Å². The molecule has 0 bridgehead atoms. The molecule has 0 N–H and O–H groups in total. The first-order valence-electron chi connectivity index (χ1n) is 8.51. The zero-order valence-electron chi connectivity index (χ0n) is 14.5. The van der Waals surface area contributed by atoms with E-state index in [9.17, 15) is 4.79 Å². The summed E-state index contributed by atoms with van der Waals surface area (Å²) in [5, 5.41) is 0. The van der Waals surface area contributed by atoms with Crippen LogP contribution in [0.1, 0.15) is 16.7 Å². The van der Waals surface area contributed by atoms with E-state index >= 15 is 0 Å². The molecule has 2 aromatic rings. The van der Waals surface area contributed by atoms with E-state index < -0.39 is 5.79 Å². The molecule has 2 aromatic carbocycles. The Kier molecular flexibility index (Phi) is 3.98. The van der Waals surface area contributed by atoms with Crippen LogP contribution in [0.4, 0.5) is 5.69 Å². The summed E-state index contributed by atoms with van der Waals surface area (Å²) in [4.78, 5) is 14.8. The number of hydrogen-bond acceptors (Lipinski definition) is 4. The van der Waals surface area contributed by atoms with Crippen molar-refractivity contribution in [3.63, 3.8) is 0 Å². The molecule has 2 heterocycles. The average Bonchev–Trinajstić information content (AvgIpc) is 3.18. The van der Waals surface area contributed by atoms with Crippen molar-refractivity contribution in [2.75, 3.05) is 31.3 Å². The van der Waals surface area contributed by atoms with Crippen molar-refractivity contribution in [2.24, 2.45) is 0 Å². The molecule has 1 fully saturated rings. The zero-order chi connectivity index (χ0) is 17.4. The number of hydrogen-bond donors (Lipinski definition) is 0. The van der Waals surface area contributed by atoms with Crippen LogP contribution in [0.3, 0.4) is 0 Å². The van der Waals surface area contributed by atoms with Crippen molar-refractivity contribution in [1.82, 2.24) is 0 Å². The molecule has 1 saturated heterocycles. The smallest absolute Gasteiger partial charge is 0.292 e. The van der Waals surface area contributed by atoms with Gasteiger partial charge in [0.2, 0.25) is 0 Å². The standard InChI is InChI=1S/C20H21NO4/c1-14-6-8-16(9-7-14)23-11-10-21-18-15(2)4-3-5-17(18)20(19(21)22)24-12-13-25-20/h3-9H,10-13H2,1-2H3. The van der Waals surface area contributed by atoms with Crippen LogP contribution < -0.4 is 9.64 Å². The predicted molar refractivity (Wildman–Crippen MR) is 93.8 cm³/mol. The summed E-state index contributed by atoms with van der Waals surface area (Å²) in [5.74, 6) is -0.641. The number of aryl methyl sites for hydroxylation is 2.